The average molecular weight is 352 g/mol. The van der Waals surface area contributed by atoms with Crippen LogP contribution in [-0.4, -0.2) is 57.8 Å². The van der Waals surface area contributed by atoms with E-state index < -0.39 is 9.84 Å². The topological polar surface area (TPSA) is 89.7 Å². The molecule has 1 aliphatic carbocycles. The van der Waals surface area contributed by atoms with E-state index in [1.165, 1.54) is 19.2 Å². The fourth-order valence-corrected chi connectivity index (χ4v) is 4.94. The second-order valence-electron chi connectivity index (χ2n) is 6.71. The number of nitrogens with zero attached hydrogens (tertiary/aromatic N) is 1. The van der Waals surface area contributed by atoms with E-state index in [1.54, 1.807) is 12.1 Å². The zero-order valence-electron chi connectivity index (χ0n) is 13.8. The Labute approximate surface area is 142 Å². The number of rotatable bonds is 5. The lowest BCUT2D eigenvalue weighted by Crippen LogP contribution is -2.33. The number of carbonyl (C=O) groups is 1. The second-order valence-corrected chi connectivity index (χ2v) is 8.82. The monoisotopic (exact) mass is 352 g/mol. The second kappa shape index (κ2) is 6.82. The predicted octanol–water partition coefficient (Wildman–Crippen LogP) is 0.916. The van der Waals surface area contributed by atoms with Gasteiger partial charge in [-0.05, 0) is 48.9 Å². The van der Waals surface area contributed by atoms with E-state index in [0.29, 0.717) is 23.9 Å². The molecular weight excluding hydrogens is 328 g/mol. The number of fused-ring (bicyclic) bond motifs is 1. The van der Waals surface area contributed by atoms with Crippen molar-refractivity contribution in [3.8, 4) is 0 Å². The number of methoxy groups -OCH3 is 1. The lowest BCUT2D eigenvalue weighted by Gasteiger charge is -2.19. The van der Waals surface area contributed by atoms with Crippen LogP contribution >= 0.6 is 0 Å². The molecule has 3 atom stereocenters. The molecule has 2 fully saturated rings. The van der Waals surface area contributed by atoms with Gasteiger partial charge in [0, 0.05) is 31.8 Å². The molecule has 1 saturated heterocycles. The van der Waals surface area contributed by atoms with E-state index in [9.17, 15) is 13.2 Å². The molecule has 1 aromatic carbocycles. The zero-order valence-corrected chi connectivity index (χ0v) is 14.7. The fraction of sp³-hybridized carbons (Fsp3) is 0.588. The van der Waals surface area contributed by atoms with Gasteiger partial charge in [-0.1, -0.05) is 0 Å². The summed E-state index contributed by atoms with van der Waals surface area (Å²) in [6, 6.07) is 6.38. The Morgan fingerprint density at radius 3 is 2.58 bits per heavy atom. The van der Waals surface area contributed by atoms with Crippen LogP contribution in [0.4, 0.5) is 0 Å². The summed E-state index contributed by atoms with van der Waals surface area (Å²) in [6.07, 6.45) is 2.14. The maximum Gasteiger partial charge on any atom is 0.253 e. The highest BCUT2D eigenvalue weighted by atomic mass is 32.2. The van der Waals surface area contributed by atoms with E-state index in [0.717, 1.165) is 19.4 Å². The van der Waals surface area contributed by atoms with Crippen LogP contribution in [0, 0.1) is 11.8 Å². The van der Waals surface area contributed by atoms with Gasteiger partial charge in [-0.25, -0.2) is 8.42 Å². The summed E-state index contributed by atoms with van der Waals surface area (Å²) in [5.41, 5.74) is 6.64. The molecule has 0 bridgehead atoms. The van der Waals surface area contributed by atoms with E-state index in [-0.39, 0.29) is 29.2 Å². The maximum absolute atomic E-state index is 12.6. The summed E-state index contributed by atoms with van der Waals surface area (Å²) >= 11 is 0. The summed E-state index contributed by atoms with van der Waals surface area (Å²) in [5, 5.41) is 0. The number of sulfone groups is 1. The summed E-state index contributed by atoms with van der Waals surface area (Å²) in [6.45, 7) is 1.61. The number of likely N-dealkylation sites (tertiary alicyclic amines) is 1. The van der Waals surface area contributed by atoms with Crippen molar-refractivity contribution in [3.63, 3.8) is 0 Å². The van der Waals surface area contributed by atoms with Crippen LogP contribution in [0.3, 0.4) is 0 Å². The molecule has 3 unspecified atom stereocenters. The first-order valence-corrected chi connectivity index (χ1v) is 9.94. The van der Waals surface area contributed by atoms with Crippen molar-refractivity contribution in [2.45, 2.75) is 23.8 Å². The van der Waals surface area contributed by atoms with Crippen molar-refractivity contribution < 1.29 is 17.9 Å². The van der Waals surface area contributed by atoms with E-state index >= 15 is 0 Å². The minimum absolute atomic E-state index is 0.0440. The Balaban J connectivity index is 1.69. The van der Waals surface area contributed by atoms with Crippen LogP contribution in [0.25, 0.3) is 0 Å². The standard InChI is InChI=1S/C17H24N2O4S/c1-23-8-9-24(21,22)14-5-2-12(3-6-14)17(20)19-10-13-4-7-16(18)15(13)11-19/h2-3,5-6,13,15-16H,4,7-11,18H2,1H3. The number of hydrogen-bond donors (Lipinski definition) is 1. The van der Waals surface area contributed by atoms with Gasteiger partial charge in [0.2, 0.25) is 0 Å². The minimum Gasteiger partial charge on any atom is -0.384 e. The molecule has 2 aliphatic rings. The molecule has 24 heavy (non-hydrogen) atoms. The van der Waals surface area contributed by atoms with Crippen molar-refractivity contribution >= 4 is 15.7 Å². The van der Waals surface area contributed by atoms with Crippen LogP contribution in [-0.2, 0) is 14.6 Å². The van der Waals surface area contributed by atoms with Crippen molar-refractivity contribution in [2.75, 3.05) is 32.6 Å². The van der Waals surface area contributed by atoms with Crippen molar-refractivity contribution in [1.82, 2.24) is 4.90 Å². The maximum atomic E-state index is 12.6. The number of amides is 1. The first-order valence-electron chi connectivity index (χ1n) is 8.29. The van der Waals surface area contributed by atoms with Gasteiger partial charge in [-0.2, -0.15) is 0 Å². The molecule has 0 aromatic heterocycles. The number of carbonyl (C=O) groups excluding carboxylic acids is 1. The number of benzene rings is 1. The molecule has 2 N–H and O–H groups in total. The Bertz CT molecular complexity index is 702. The van der Waals surface area contributed by atoms with Crippen LogP contribution in [0.2, 0.25) is 0 Å². The molecule has 7 heteroatoms. The lowest BCUT2D eigenvalue weighted by molar-refractivity contribution is 0.0779. The quantitative estimate of drug-likeness (QED) is 0.851. The first-order chi connectivity index (χ1) is 11.4. The Morgan fingerprint density at radius 2 is 1.96 bits per heavy atom. The minimum atomic E-state index is -3.37. The fourth-order valence-electron chi connectivity index (χ4n) is 3.77. The average Bonchev–Trinajstić information content (AvgIpc) is 3.15. The van der Waals surface area contributed by atoms with Gasteiger partial charge in [-0.3, -0.25) is 4.79 Å². The third kappa shape index (κ3) is 3.34. The van der Waals surface area contributed by atoms with E-state index in [4.69, 9.17) is 10.5 Å². The molecule has 1 heterocycles. The molecule has 1 amide bonds. The Kier molecular flexibility index (Phi) is 4.94. The third-order valence-electron chi connectivity index (χ3n) is 5.22. The predicted molar refractivity (Wildman–Crippen MR) is 90.5 cm³/mol. The van der Waals surface area contributed by atoms with Gasteiger partial charge in [0.25, 0.3) is 5.91 Å². The molecule has 132 valence electrons. The highest BCUT2D eigenvalue weighted by Crippen LogP contribution is 2.37. The number of ether oxygens (including phenoxy) is 1. The van der Waals surface area contributed by atoms with E-state index in [2.05, 4.69) is 0 Å². The molecule has 1 aliphatic heterocycles. The molecule has 3 rings (SSSR count). The van der Waals surface area contributed by atoms with Crippen LogP contribution in [0.1, 0.15) is 23.2 Å². The van der Waals surface area contributed by atoms with Gasteiger partial charge >= 0.3 is 0 Å². The van der Waals surface area contributed by atoms with Gasteiger partial charge < -0.3 is 15.4 Å². The molecule has 0 spiro atoms. The normalized spacial score (nSPS) is 26.6. The van der Waals surface area contributed by atoms with E-state index in [1.807, 2.05) is 4.90 Å². The SMILES string of the molecule is COCCS(=O)(=O)c1ccc(C(=O)N2CC3CCC(N)C3C2)cc1. The Hall–Kier alpha value is -1.44. The van der Waals surface area contributed by atoms with Crippen molar-refractivity contribution in [3.05, 3.63) is 29.8 Å². The van der Waals surface area contributed by atoms with Crippen molar-refractivity contribution in [1.29, 1.82) is 0 Å². The molecule has 0 radical (unpaired) electrons. The van der Waals surface area contributed by atoms with Crippen LogP contribution in [0.5, 0.6) is 0 Å². The molecule has 6 nitrogen and oxygen atoms in total. The number of nitrogens with two attached hydrogens (primary N) is 1. The Morgan fingerprint density at radius 1 is 1.25 bits per heavy atom. The lowest BCUT2D eigenvalue weighted by atomic mass is 9.98. The summed E-state index contributed by atoms with van der Waals surface area (Å²) < 4.78 is 29.0. The molecular formula is C17H24N2O4S. The molecule has 1 aromatic rings. The largest absolute Gasteiger partial charge is 0.384 e. The van der Waals surface area contributed by atoms with Crippen molar-refractivity contribution in [2.24, 2.45) is 17.6 Å². The summed E-state index contributed by atoms with van der Waals surface area (Å²) in [4.78, 5) is 14.7. The van der Waals surface area contributed by atoms with Crippen LogP contribution in [0.15, 0.2) is 29.2 Å². The van der Waals surface area contributed by atoms with Gasteiger partial charge in [0.15, 0.2) is 9.84 Å². The van der Waals surface area contributed by atoms with Gasteiger partial charge in [-0.15, -0.1) is 0 Å². The third-order valence-corrected chi connectivity index (χ3v) is 6.91. The highest BCUT2D eigenvalue weighted by molar-refractivity contribution is 7.91. The smallest absolute Gasteiger partial charge is 0.253 e. The summed E-state index contributed by atoms with van der Waals surface area (Å²) in [7, 11) is -1.90. The first kappa shape index (κ1) is 17.4. The van der Waals surface area contributed by atoms with Gasteiger partial charge in [0.05, 0.1) is 17.3 Å². The molecule has 1 saturated carbocycles. The number of hydrogen-bond acceptors (Lipinski definition) is 5. The zero-order chi connectivity index (χ0) is 17.3. The van der Waals surface area contributed by atoms with Crippen LogP contribution < -0.4 is 5.73 Å². The highest BCUT2D eigenvalue weighted by Gasteiger charge is 2.42. The summed E-state index contributed by atoms with van der Waals surface area (Å²) in [5.74, 6) is 0.808. The van der Waals surface area contributed by atoms with Gasteiger partial charge in [0.1, 0.15) is 0 Å².